The lowest BCUT2D eigenvalue weighted by molar-refractivity contribution is -0.530. The molecule has 4 rings (SSSR count). The zero-order valence-electron chi connectivity index (χ0n) is 37.0. The number of hydrogen-bond donors (Lipinski definition) is 0. The van der Waals surface area contributed by atoms with Crippen LogP contribution in [0.2, 0.25) is 0 Å². The number of rotatable bonds is 20. The first-order valence-electron chi connectivity index (χ1n) is 20.7. The number of fused-ring (bicyclic) bond motifs is 2. The van der Waals surface area contributed by atoms with Gasteiger partial charge in [0.25, 0.3) is 0 Å². The normalized spacial score (nSPS) is 13.6. The van der Waals surface area contributed by atoms with Gasteiger partial charge in [-0.05, 0) is 42.5 Å². The zero-order valence-corrected chi connectivity index (χ0v) is 37.8. The highest BCUT2D eigenvalue weighted by atomic mass is 32.2. The summed E-state index contributed by atoms with van der Waals surface area (Å²) in [5.74, 6) is 0. The summed E-state index contributed by atoms with van der Waals surface area (Å²) in [6, 6.07) is 7.71. The van der Waals surface area contributed by atoms with Crippen molar-refractivity contribution in [3.8, 4) is 22.3 Å². The minimum atomic E-state index is -4.86. The Hall–Kier alpha value is -4.58. The van der Waals surface area contributed by atoms with Gasteiger partial charge in [0.2, 0.25) is 0 Å². The lowest BCUT2D eigenvalue weighted by Gasteiger charge is -2.19. The summed E-state index contributed by atoms with van der Waals surface area (Å²) in [5, 5.41) is 48.1. The van der Waals surface area contributed by atoms with Crippen LogP contribution in [0.1, 0.15) is 129 Å². The third-order valence-corrected chi connectivity index (χ3v) is 9.86. The number of nitrogens with zero attached hydrogens (tertiary/aromatic N) is 6. The van der Waals surface area contributed by atoms with Crippen LogP contribution in [0.25, 0.3) is 22.3 Å². The number of halogens is 3. The number of aromatic nitrogens is 2. The Morgan fingerprint density at radius 2 is 1.00 bits per heavy atom. The maximum Gasteiger partial charge on any atom is 0.550 e. The first kappa shape index (κ1) is 50.8. The average Bonchev–Trinajstić information content (AvgIpc) is 3.75. The molecule has 0 aromatic carbocycles. The fourth-order valence-electron chi connectivity index (χ4n) is 6.24. The van der Waals surface area contributed by atoms with Crippen molar-refractivity contribution in [1.82, 2.24) is 9.13 Å². The summed E-state index contributed by atoms with van der Waals surface area (Å²) in [6.45, 7) is 15.2. The Kier molecular flexibility index (Phi) is 19.6. The summed E-state index contributed by atoms with van der Waals surface area (Å²) in [7, 11) is 2.90. The van der Waals surface area contributed by atoms with Gasteiger partial charge in [-0.15, -0.1) is 22.4 Å². The van der Waals surface area contributed by atoms with Crippen LogP contribution in [-0.4, -0.2) is 91.1 Å². The van der Waals surface area contributed by atoms with Crippen LogP contribution in [0.3, 0.4) is 0 Å². The van der Waals surface area contributed by atoms with Gasteiger partial charge >= 0.3 is 6.36 Å². The van der Waals surface area contributed by atoms with Crippen LogP contribution >= 0.6 is 12.3 Å². The number of hydroxylamine groups is 4. The maximum absolute atomic E-state index is 12.4. The van der Waals surface area contributed by atoms with E-state index in [9.17, 15) is 34.0 Å². The fraction of sp³-hybridized carbons (Fsp3) is 0.545. The minimum absolute atomic E-state index is 0.148. The molecule has 0 saturated carbocycles. The number of aryl methyl sites for hydroxylation is 2. The third-order valence-electron chi connectivity index (χ3n) is 9.48. The van der Waals surface area contributed by atoms with E-state index in [0.717, 1.165) is 95.7 Å². The van der Waals surface area contributed by atoms with E-state index < -0.39 is 17.4 Å². The van der Waals surface area contributed by atoms with Crippen molar-refractivity contribution in [1.29, 1.82) is 0 Å². The number of pyridine rings is 2. The van der Waals surface area contributed by atoms with E-state index in [2.05, 4.69) is 26.9 Å². The Balaban J connectivity index is 0.000000334. The van der Waals surface area contributed by atoms with Gasteiger partial charge < -0.3 is 30.0 Å². The first-order chi connectivity index (χ1) is 28.6. The molecular weight excluding hydrogens is 814 g/mol. The van der Waals surface area contributed by atoms with Gasteiger partial charge in [0.05, 0.1) is 17.7 Å². The molecule has 2 heterocycles. The predicted molar refractivity (Wildman–Crippen MR) is 238 cm³/mol. The van der Waals surface area contributed by atoms with Crippen LogP contribution in [0.5, 0.6) is 0 Å². The van der Waals surface area contributed by atoms with E-state index in [1.54, 1.807) is 18.6 Å². The Bertz CT molecular complexity index is 2020. The lowest BCUT2D eigenvalue weighted by Crippen LogP contribution is -2.29. The second-order valence-corrected chi connectivity index (χ2v) is 17.6. The van der Waals surface area contributed by atoms with Crippen LogP contribution in [-0.2, 0) is 26.5 Å². The van der Waals surface area contributed by atoms with Gasteiger partial charge in [-0.25, -0.2) is 19.0 Å². The van der Waals surface area contributed by atoms with E-state index in [0.29, 0.717) is 13.0 Å². The minimum Gasteiger partial charge on any atom is -0.624 e. The van der Waals surface area contributed by atoms with Crippen molar-refractivity contribution >= 4 is 37.2 Å². The van der Waals surface area contributed by atoms with Crippen molar-refractivity contribution in [2.45, 2.75) is 137 Å². The molecule has 4 aliphatic rings. The van der Waals surface area contributed by atoms with Gasteiger partial charge in [-0.1, -0.05) is 57.6 Å². The number of alkyl halides is 3. The molecule has 0 N–H and O–H groups in total. The van der Waals surface area contributed by atoms with Crippen LogP contribution in [0.15, 0.2) is 49.1 Å². The predicted octanol–water partition coefficient (Wildman–Crippen LogP) is 10.3. The molecule has 2 aliphatic heterocycles. The van der Waals surface area contributed by atoms with Gasteiger partial charge in [0.15, 0.2) is 48.3 Å². The highest BCUT2D eigenvalue weighted by Crippen LogP contribution is 2.32. The lowest BCUT2D eigenvalue weighted by atomic mass is 10.0. The molecule has 0 bridgehead atoms. The Morgan fingerprint density at radius 1 is 0.574 bits per heavy atom. The van der Waals surface area contributed by atoms with Crippen LogP contribution in [0, 0.1) is 20.8 Å². The molecule has 0 amide bonds. The molecule has 2 aliphatic carbocycles. The third kappa shape index (κ3) is 17.7. The smallest absolute Gasteiger partial charge is 0.550 e. The molecule has 13 nitrogen and oxygen atoms in total. The standard InChI is InChI=1S/C22H30F3N3O5S.C22H33N3O2/c1-21(2,3)28(30)15-17-9-10-19-18(13-26(4)29)14-27(16-20(17)19)11-7-5-6-8-12-31-34-33-32-22(23,24)25;1-6-7-8-9-10-13-24-15-19(14-23(5)26)20-12-11-18(21(20)17-24)16-25(27)22(2,3)4/h9-10,13-16H,5-8,11-12H2,1-4H3;11-12,14-17H,6-10,13H2,1-5H3/b26-13-,28-15-;23-14-,25-16-. The largest absolute Gasteiger partial charge is 0.624 e. The van der Waals surface area contributed by atoms with E-state index in [4.69, 9.17) is 4.18 Å². The SMILES string of the molecule is C/[N+]([O-])=C/c1cn(CCCCCCOSOOC(F)(F)F)cc2c(/C=[N+](\[O-])C(C)(C)C)ccc1-2.CCCCCCCn1cc(/C=[N+](/C)[O-])c2ccc(/C=[N+](\[O-])C(C)(C)C)c-2c1. The molecule has 0 spiro atoms. The molecule has 0 fully saturated rings. The summed E-state index contributed by atoms with van der Waals surface area (Å²) >= 11 is 0.148. The van der Waals surface area contributed by atoms with E-state index in [1.165, 1.54) is 46.0 Å². The second kappa shape index (κ2) is 23.6. The molecular formula is C44H63F3N6O7S. The molecule has 17 heteroatoms. The second-order valence-electron chi connectivity index (χ2n) is 17.1. The first-order valence-corrected chi connectivity index (χ1v) is 21.3. The van der Waals surface area contributed by atoms with Crippen molar-refractivity contribution in [3.05, 3.63) is 92.1 Å². The van der Waals surface area contributed by atoms with Crippen molar-refractivity contribution in [2.75, 3.05) is 20.7 Å². The monoisotopic (exact) mass is 876 g/mol. The van der Waals surface area contributed by atoms with Crippen molar-refractivity contribution < 1.29 is 45.5 Å². The number of hydrogen-bond acceptors (Lipinski definition) is 8. The summed E-state index contributed by atoms with van der Waals surface area (Å²) in [4.78, 5) is 3.12. The molecule has 0 radical (unpaired) electrons. The van der Waals surface area contributed by atoms with E-state index in [1.807, 2.05) is 89.0 Å². The van der Waals surface area contributed by atoms with Crippen LogP contribution in [0.4, 0.5) is 13.2 Å². The summed E-state index contributed by atoms with van der Waals surface area (Å²) in [5.41, 5.74) is 6.02. The quantitative estimate of drug-likeness (QED) is 0.0162. The molecule has 61 heavy (non-hydrogen) atoms. The fourth-order valence-corrected chi connectivity index (χ4v) is 6.57. The molecule has 0 atom stereocenters. The topological polar surface area (TPSA) is 142 Å². The van der Waals surface area contributed by atoms with Crippen molar-refractivity contribution in [2.24, 2.45) is 0 Å². The highest BCUT2D eigenvalue weighted by Gasteiger charge is 2.31. The van der Waals surface area contributed by atoms with Crippen LogP contribution < -0.4 is 0 Å². The molecule has 0 aromatic rings. The van der Waals surface area contributed by atoms with E-state index >= 15 is 0 Å². The van der Waals surface area contributed by atoms with Gasteiger partial charge in [-0.3, -0.25) is 4.18 Å². The molecule has 0 saturated heterocycles. The highest BCUT2D eigenvalue weighted by molar-refractivity contribution is 7.89. The maximum atomic E-state index is 12.4. The summed E-state index contributed by atoms with van der Waals surface area (Å²) < 4.78 is 51.5. The summed E-state index contributed by atoms with van der Waals surface area (Å²) in [6.07, 6.45) is 18.7. The number of unbranched alkanes of at least 4 members (excludes halogenated alkanes) is 7. The van der Waals surface area contributed by atoms with Gasteiger partial charge in [0.1, 0.15) is 14.1 Å². The Morgan fingerprint density at radius 3 is 1.39 bits per heavy atom. The van der Waals surface area contributed by atoms with Gasteiger partial charge in [0, 0.05) is 102 Å². The molecule has 338 valence electrons. The Labute approximate surface area is 362 Å². The van der Waals surface area contributed by atoms with Gasteiger partial charge in [-0.2, -0.15) is 0 Å². The molecule has 0 aromatic heterocycles. The van der Waals surface area contributed by atoms with Crippen molar-refractivity contribution in [3.63, 3.8) is 0 Å². The molecule has 0 unspecified atom stereocenters. The van der Waals surface area contributed by atoms with E-state index in [-0.39, 0.29) is 18.9 Å². The zero-order chi connectivity index (χ0) is 45.4. The average molecular weight is 877 g/mol.